The summed E-state index contributed by atoms with van der Waals surface area (Å²) in [6.45, 7) is 7.84. The van der Waals surface area contributed by atoms with E-state index in [1.807, 2.05) is 25.1 Å². The van der Waals surface area contributed by atoms with Crippen molar-refractivity contribution >= 4 is 34.8 Å². The first-order valence-corrected chi connectivity index (χ1v) is 8.58. The van der Waals surface area contributed by atoms with E-state index in [1.165, 1.54) is 0 Å². The number of aryl methyl sites for hydroxylation is 1. The van der Waals surface area contributed by atoms with Crippen molar-refractivity contribution in [2.45, 2.75) is 39.7 Å². The van der Waals surface area contributed by atoms with E-state index in [1.54, 1.807) is 25.1 Å². The Balaban J connectivity index is 2.17. The predicted molar refractivity (Wildman–Crippen MR) is 100 cm³/mol. The molecule has 0 unspecified atom stereocenters. The highest BCUT2D eigenvalue weighted by molar-refractivity contribution is 6.42. The van der Waals surface area contributed by atoms with E-state index >= 15 is 0 Å². The van der Waals surface area contributed by atoms with Gasteiger partial charge < -0.3 is 10.1 Å². The van der Waals surface area contributed by atoms with Crippen molar-refractivity contribution in [1.82, 2.24) is 0 Å². The van der Waals surface area contributed by atoms with Crippen molar-refractivity contribution in [2.75, 3.05) is 5.32 Å². The molecule has 1 atom stereocenters. The summed E-state index contributed by atoms with van der Waals surface area (Å²) in [7, 11) is 0. The van der Waals surface area contributed by atoms with Gasteiger partial charge in [0.2, 0.25) is 0 Å². The van der Waals surface area contributed by atoms with Crippen molar-refractivity contribution in [3.63, 3.8) is 0 Å². The summed E-state index contributed by atoms with van der Waals surface area (Å²) in [5.74, 6) is 0.460. The van der Waals surface area contributed by atoms with E-state index in [-0.39, 0.29) is 5.91 Å². The van der Waals surface area contributed by atoms with Crippen LogP contribution >= 0.6 is 23.2 Å². The van der Waals surface area contributed by atoms with Crippen molar-refractivity contribution in [1.29, 1.82) is 0 Å². The molecule has 0 saturated carbocycles. The SMILES string of the molecule is Cc1cccc(C(C)C)c1NC(=O)[C@H](C)Oc1cccc(Cl)c1Cl. The molecule has 0 aromatic heterocycles. The third-order valence-corrected chi connectivity index (χ3v) is 4.57. The summed E-state index contributed by atoms with van der Waals surface area (Å²) in [6, 6.07) is 11.1. The number of para-hydroxylation sites is 1. The van der Waals surface area contributed by atoms with E-state index in [9.17, 15) is 4.79 Å². The molecule has 0 bridgehead atoms. The van der Waals surface area contributed by atoms with Crippen LogP contribution in [-0.2, 0) is 4.79 Å². The fourth-order valence-corrected chi connectivity index (χ4v) is 2.72. The number of anilines is 1. The van der Waals surface area contributed by atoms with Gasteiger partial charge in [0, 0.05) is 5.69 Å². The van der Waals surface area contributed by atoms with Crippen LogP contribution in [0.3, 0.4) is 0 Å². The molecule has 0 radical (unpaired) electrons. The second-order valence-corrected chi connectivity index (χ2v) is 6.78. The molecule has 1 amide bonds. The van der Waals surface area contributed by atoms with Gasteiger partial charge in [-0.15, -0.1) is 0 Å². The lowest BCUT2D eigenvalue weighted by atomic mass is 9.98. The maximum absolute atomic E-state index is 12.5. The molecule has 2 aromatic carbocycles. The Morgan fingerprint density at radius 2 is 1.75 bits per heavy atom. The summed E-state index contributed by atoms with van der Waals surface area (Å²) in [4.78, 5) is 12.5. The van der Waals surface area contributed by atoms with Crippen LogP contribution in [-0.4, -0.2) is 12.0 Å². The average molecular weight is 366 g/mol. The second kappa shape index (κ2) is 7.91. The Morgan fingerprint density at radius 3 is 2.42 bits per heavy atom. The molecule has 128 valence electrons. The molecule has 0 spiro atoms. The zero-order valence-electron chi connectivity index (χ0n) is 14.2. The number of hydrogen-bond acceptors (Lipinski definition) is 2. The number of hydrogen-bond donors (Lipinski definition) is 1. The Hall–Kier alpha value is -1.71. The molecule has 24 heavy (non-hydrogen) atoms. The minimum atomic E-state index is -0.708. The molecule has 0 aliphatic heterocycles. The van der Waals surface area contributed by atoms with Gasteiger partial charge in [-0.1, -0.05) is 61.3 Å². The maximum Gasteiger partial charge on any atom is 0.265 e. The summed E-state index contributed by atoms with van der Waals surface area (Å²) in [6.07, 6.45) is -0.708. The number of nitrogens with one attached hydrogen (secondary N) is 1. The predicted octanol–water partition coefficient (Wildman–Crippen LogP) is 5.83. The summed E-state index contributed by atoms with van der Waals surface area (Å²) >= 11 is 12.1. The van der Waals surface area contributed by atoms with Gasteiger partial charge in [0.25, 0.3) is 5.91 Å². The van der Waals surface area contributed by atoms with E-state index < -0.39 is 6.10 Å². The lowest BCUT2D eigenvalue weighted by molar-refractivity contribution is -0.122. The molecule has 1 N–H and O–H groups in total. The smallest absolute Gasteiger partial charge is 0.265 e. The Morgan fingerprint density at radius 1 is 1.08 bits per heavy atom. The third-order valence-electron chi connectivity index (χ3n) is 3.76. The van der Waals surface area contributed by atoms with Crippen LogP contribution in [0, 0.1) is 6.92 Å². The number of halogens is 2. The van der Waals surface area contributed by atoms with Gasteiger partial charge in [-0.05, 0) is 43.0 Å². The number of amides is 1. The molecule has 2 rings (SSSR count). The van der Waals surface area contributed by atoms with Gasteiger partial charge in [-0.3, -0.25) is 4.79 Å². The first-order chi connectivity index (χ1) is 11.3. The Bertz CT molecular complexity index is 744. The first-order valence-electron chi connectivity index (χ1n) is 7.82. The molecule has 0 saturated heterocycles. The van der Waals surface area contributed by atoms with Crippen LogP contribution in [0.5, 0.6) is 5.75 Å². The average Bonchev–Trinajstić information content (AvgIpc) is 2.53. The second-order valence-electron chi connectivity index (χ2n) is 6.00. The zero-order chi connectivity index (χ0) is 17.9. The molecule has 0 heterocycles. The molecule has 0 aliphatic carbocycles. The minimum absolute atomic E-state index is 0.234. The Kier molecular flexibility index (Phi) is 6.14. The molecule has 0 fully saturated rings. The van der Waals surface area contributed by atoms with Gasteiger partial charge in [-0.2, -0.15) is 0 Å². The molecular weight excluding hydrogens is 345 g/mol. The van der Waals surface area contributed by atoms with Crippen LogP contribution in [0.25, 0.3) is 0 Å². The van der Waals surface area contributed by atoms with Crippen LogP contribution in [0.15, 0.2) is 36.4 Å². The number of carbonyl (C=O) groups is 1. The lowest BCUT2D eigenvalue weighted by Crippen LogP contribution is -2.31. The van der Waals surface area contributed by atoms with Gasteiger partial charge in [-0.25, -0.2) is 0 Å². The fourth-order valence-electron chi connectivity index (χ4n) is 2.39. The molecule has 5 heteroatoms. The summed E-state index contributed by atoms with van der Waals surface area (Å²) in [5.41, 5.74) is 2.95. The molecule has 2 aromatic rings. The van der Waals surface area contributed by atoms with E-state index in [0.717, 1.165) is 16.8 Å². The van der Waals surface area contributed by atoms with Gasteiger partial charge in [0.15, 0.2) is 6.10 Å². The third kappa shape index (κ3) is 4.22. The van der Waals surface area contributed by atoms with Crippen molar-refractivity contribution < 1.29 is 9.53 Å². The van der Waals surface area contributed by atoms with Gasteiger partial charge in [0.1, 0.15) is 10.8 Å². The number of rotatable bonds is 5. The molecular formula is C19H21Cl2NO2. The van der Waals surface area contributed by atoms with Gasteiger partial charge in [0.05, 0.1) is 5.02 Å². The first kappa shape index (κ1) is 18.6. The largest absolute Gasteiger partial charge is 0.479 e. The zero-order valence-corrected chi connectivity index (χ0v) is 15.7. The number of benzene rings is 2. The van der Waals surface area contributed by atoms with E-state index in [0.29, 0.717) is 21.7 Å². The van der Waals surface area contributed by atoms with Crippen LogP contribution in [0.4, 0.5) is 5.69 Å². The Labute approximate surface area is 152 Å². The summed E-state index contributed by atoms with van der Waals surface area (Å²) in [5, 5.41) is 3.67. The molecule has 0 aliphatic rings. The van der Waals surface area contributed by atoms with E-state index in [2.05, 4.69) is 19.2 Å². The van der Waals surface area contributed by atoms with Crippen molar-refractivity contribution in [3.8, 4) is 5.75 Å². The standard InChI is InChI=1S/C19H21Cl2NO2/c1-11(2)14-8-5-7-12(3)18(14)22-19(23)13(4)24-16-10-6-9-15(20)17(16)21/h5-11,13H,1-4H3,(H,22,23)/t13-/m0/s1. The maximum atomic E-state index is 12.5. The fraction of sp³-hybridized carbons (Fsp3) is 0.316. The quantitative estimate of drug-likeness (QED) is 0.723. The number of carbonyl (C=O) groups excluding carboxylic acids is 1. The highest BCUT2D eigenvalue weighted by Crippen LogP contribution is 2.32. The van der Waals surface area contributed by atoms with Crippen LogP contribution < -0.4 is 10.1 Å². The van der Waals surface area contributed by atoms with E-state index in [4.69, 9.17) is 27.9 Å². The van der Waals surface area contributed by atoms with Crippen molar-refractivity contribution in [2.24, 2.45) is 0 Å². The molecule has 3 nitrogen and oxygen atoms in total. The van der Waals surface area contributed by atoms with Crippen LogP contribution in [0.2, 0.25) is 10.0 Å². The summed E-state index contributed by atoms with van der Waals surface area (Å²) < 4.78 is 5.67. The van der Waals surface area contributed by atoms with Crippen molar-refractivity contribution in [3.05, 3.63) is 57.6 Å². The number of ether oxygens (including phenoxy) is 1. The normalized spacial score (nSPS) is 12.1. The monoisotopic (exact) mass is 365 g/mol. The highest BCUT2D eigenvalue weighted by atomic mass is 35.5. The highest BCUT2D eigenvalue weighted by Gasteiger charge is 2.19. The van der Waals surface area contributed by atoms with Crippen LogP contribution in [0.1, 0.15) is 37.8 Å². The van der Waals surface area contributed by atoms with Gasteiger partial charge >= 0.3 is 0 Å². The topological polar surface area (TPSA) is 38.3 Å². The lowest BCUT2D eigenvalue weighted by Gasteiger charge is -2.20. The minimum Gasteiger partial charge on any atom is -0.479 e.